The predicted octanol–water partition coefficient (Wildman–Crippen LogP) is -0.259. The van der Waals surface area contributed by atoms with Crippen LogP contribution in [0.5, 0.6) is 0 Å². The Balaban J connectivity index is 2.31. The first-order valence-corrected chi connectivity index (χ1v) is 4.97. The molecule has 1 amide bonds. The van der Waals surface area contributed by atoms with Gasteiger partial charge in [0, 0.05) is 6.42 Å². The van der Waals surface area contributed by atoms with Crippen LogP contribution in [-0.2, 0) is 9.59 Å². The van der Waals surface area contributed by atoms with E-state index in [4.69, 9.17) is 5.11 Å². The van der Waals surface area contributed by atoms with Gasteiger partial charge >= 0.3 is 5.97 Å². The molecule has 1 aliphatic rings. The van der Waals surface area contributed by atoms with Crippen molar-refractivity contribution in [3.05, 3.63) is 12.7 Å². The number of hydrogen-bond donors (Lipinski definition) is 3. The monoisotopic (exact) mass is 212 g/mol. The molecule has 0 radical (unpaired) electrons. The maximum atomic E-state index is 11.4. The van der Waals surface area contributed by atoms with Crippen LogP contribution in [0.1, 0.15) is 12.8 Å². The van der Waals surface area contributed by atoms with Gasteiger partial charge in [0.2, 0.25) is 5.91 Å². The van der Waals surface area contributed by atoms with Crippen molar-refractivity contribution in [3.8, 4) is 0 Å². The van der Waals surface area contributed by atoms with Gasteiger partial charge < -0.3 is 15.7 Å². The van der Waals surface area contributed by atoms with Crippen molar-refractivity contribution in [1.29, 1.82) is 0 Å². The molecule has 1 atom stereocenters. The second-order valence-electron chi connectivity index (χ2n) is 3.71. The highest BCUT2D eigenvalue weighted by Crippen LogP contribution is 2.08. The van der Waals surface area contributed by atoms with Crippen LogP contribution in [0.25, 0.3) is 0 Å². The summed E-state index contributed by atoms with van der Waals surface area (Å²) in [5.41, 5.74) is 0. The van der Waals surface area contributed by atoms with E-state index in [0.29, 0.717) is 12.3 Å². The summed E-state index contributed by atoms with van der Waals surface area (Å²) >= 11 is 0. The number of carbonyl (C=O) groups is 2. The molecule has 15 heavy (non-hydrogen) atoms. The third-order valence-electron chi connectivity index (χ3n) is 2.38. The zero-order chi connectivity index (χ0) is 11.3. The lowest BCUT2D eigenvalue weighted by Crippen LogP contribution is -2.47. The highest BCUT2D eigenvalue weighted by molar-refractivity contribution is 5.83. The van der Waals surface area contributed by atoms with E-state index >= 15 is 0 Å². The summed E-state index contributed by atoms with van der Waals surface area (Å²) in [4.78, 5) is 22.1. The quantitative estimate of drug-likeness (QED) is 0.530. The lowest BCUT2D eigenvalue weighted by Gasteiger charge is -2.26. The molecular weight excluding hydrogens is 196 g/mol. The molecular formula is C10H16N2O3. The molecule has 1 heterocycles. The smallest absolute Gasteiger partial charge is 0.326 e. The topological polar surface area (TPSA) is 78.4 Å². The van der Waals surface area contributed by atoms with Crippen LogP contribution in [0.2, 0.25) is 0 Å². The van der Waals surface area contributed by atoms with Gasteiger partial charge in [-0.1, -0.05) is 6.08 Å². The van der Waals surface area contributed by atoms with Gasteiger partial charge in [0.25, 0.3) is 0 Å². The lowest BCUT2D eigenvalue weighted by molar-refractivity contribution is -0.141. The molecule has 0 bridgehead atoms. The number of aliphatic carboxylic acids is 1. The largest absolute Gasteiger partial charge is 0.480 e. The highest BCUT2D eigenvalue weighted by atomic mass is 16.4. The number of carboxylic acids is 1. The third kappa shape index (κ3) is 3.71. The maximum Gasteiger partial charge on any atom is 0.326 e. The molecule has 3 N–H and O–H groups in total. The van der Waals surface area contributed by atoms with E-state index in [1.165, 1.54) is 6.08 Å². The van der Waals surface area contributed by atoms with Crippen LogP contribution in [0, 0.1) is 5.92 Å². The number of carboxylic acid groups (broad SMARTS) is 1. The number of rotatable bonds is 6. The van der Waals surface area contributed by atoms with Gasteiger partial charge in [-0.05, 0) is 25.4 Å². The van der Waals surface area contributed by atoms with Gasteiger partial charge in [-0.2, -0.15) is 0 Å². The van der Waals surface area contributed by atoms with Crippen LogP contribution in [0.15, 0.2) is 12.7 Å². The van der Waals surface area contributed by atoms with E-state index in [2.05, 4.69) is 17.2 Å². The minimum Gasteiger partial charge on any atom is -0.480 e. The number of carbonyl (C=O) groups excluding carboxylic acids is 1. The van der Waals surface area contributed by atoms with Crippen LogP contribution < -0.4 is 10.6 Å². The Labute approximate surface area is 88.5 Å². The summed E-state index contributed by atoms with van der Waals surface area (Å²) in [5.74, 6) is -0.867. The lowest BCUT2D eigenvalue weighted by atomic mass is 9.99. The van der Waals surface area contributed by atoms with Gasteiger partial charge in [-0.3, -0.25) is 4.79 Å². The summed E-state index contributed by atoms with van der Waals surface area (Å²) in [5, 5.41) is 14.3. The standard InChI is InChI=1S/C10H16N2O3/c1-2-3-8(10(14)15)12-9(13)4-7-5-11-6-7/h2,7-8,11H,1,3-6H2,(H,12,13)(H,14,15). The minimum absolute atomic E-state index is 0.198. The fourth-order valence-electron chi connectivity index (χ4n) is 1.40. The van der Waals surface area contributed by atoms with E-state index in [0.717, 1.165) is 13.1 Å². The normalized spacial score (nSPS) is 17.6. The molecule has 0 saturated carbocycles. The summed E-state index contributed by atoms with van der Waals surface area (Å²) in [6.45, 7) is 5.13. The van der Waals surface area contributed by atoms with Crippen molar-refractivity contribution in [2.24, 2.45) is 5.92 Å². The van der Waals surface area contributed by atoms with Crippen molar-refractivity contribution in [1.82, 2.24) is 10.6 Å². The zero-order valence-electron chi connectivity index (χ0n) is 8.53. The molecule has 1 fully saturated rings. The molecule has 1 unspecified atom stereocenters. The Kier molecular flexibility index (Phi) is 4.30. The van der Waals surface area contributed by atoms with Gasteiger partial charge in [0.05, 0.1) is 0 Å². The summed E-state index contributed by atoms with van der Waals surface area (Å²) in [6.07, 6.45) is 2.14. The average Bonchev–Trinajstić information content (AvgIpc) is 2.10. The molecule has 5 nitrogen and oxygen atoms in total. The summed E-state index contributed by atoms with van der Waals surface area (Å²) in [7, 11) is 0. The Hall–Kier alpha value is -1.36. The van der Waals surface area contributed by atoms with Crippen molar-refractivity contribution in [2.75, 3.05) is 13.1 Å². The molecule has 84 valence electrons. The Morgan fingerprint density at radius 2 is 2.27 bits per heavy atom. The first kappa shape index (κ1) is 11.7. The van der Waals surface area contributed by atoms with E-state index in [9.17, 15) is 9.59 Å². The minimum atomic E-state index is -1.02. The molecule has 1 rings (SSSR count). The molecule has 0 spiro atoms. The number of hydrogen-bond acceptors (Lipinski definition) is 3. The molecule has 1 saturated heterocycles. The maximum absolute atomic E-state index is 11.4. The predicted molar refractivity (Wildman–Crippen MR) is 55.4 cm³/mol. The summed E-state index contributed by atoms with van der Waals surface area (Å²) in [6, 6.07) is -0.844. The number of nitrogens with one attached hydrogen (secondary N) is 2. The number of amides is 1. The first-order valence-electron chi connectivity index (χ1n) is 4.97. The summed E-state index contributed by atoms with van der Waals surface area (Å²) < 4.78 is 0. The fraction of sp³-hybridized carbons (Fsp3) is 0.600. The van der Waals surface area contributed by atoms with Crippen LogP contribution in [0.3, 0.4) is 0 Å². The van der Waals surface area contributed by atoms with E-state index < -0.39 is 12.0 Å². The SMILES string of the molecule is C=CCC(NC(=O)CC1CNC1)C(=O)O. The Morgan fingerprint density at radius 1 is 1.60 bits per heavy atom. The van der Waals surface area contributed by atoms with Crippen molar-refractivity contribution < 1.29 is 14.7 Å². The van der Waals surface area contributed by atoms with E-state index in [1.807, 2.05) is 0 Å². The highest BCUT2D eigenvalue weighted by Gasteiger charge is 2.23. The molecule has 1 aliphatic heterocycles. The van der Waals surface area contributed by atoms with Gasteiger partial charge in [0.1, 0.15) is 6.04 Å². The zero-order valence-corrected chi connectivity index (χ0v) is 8.53. The van der Waals surface area contributed by atoms with E-state index in [-0.39, 0.29) is 12.3 Å². The van der Waals surface area contributed by atoms with Gasteiger partial charge in [-0.15, -0.1) is 6.58 Å². The average molecular weight is 212 g/mol. The van der Waals surface area contributed by atoms with Crippen LogP contribution >= 0.6 is 0 Å². The van der Waals surface area contributed by atoms with Crippen LogP contribution in [-0.4, -0.2) is 36.1 Å². The molecule has 0 aromatic carbocycles. The van der Waals surface area contributed by atoms with Gasteiger partial charge in [0.15, 0.2) is 0 Å². The van der Waals surface area contributed by atoms with Gasteiger partial charge in [-0.25, -0.2) is 4.79 Å². The molecule has 0 aromatic rings. The Bertz CT molecular complexity index is 261. The Morgan fingerprint density at radius 3 is 2.67 bits per heavy atom. The van der Waals surface area contributed by atoms with E-state index in [1.54, 1.807) is 0 Å². The van der Waals surface area contributed by atoms with Crippen molar-refractivity contribution in [3.63, 3.8) is 0 Å². The van der Waals surface area contributed by atoms with Crippen LogP contribution in [0.4, 0.5) is 0 Å². The molecule has 0 aromatic heterocycles. The van der Waals surface area contributed by atoms with Crippen molar-refractivity contribution in [2.45, 2.75) is 18.9 Å². The third-order valence-corrected chi connectivity index (χ3v) is 2.38. The molecule has 5 heteroatoms. The first-order chi connectivity index (χ1) is 7.13. The molecule has 0 aliphatic carbocycles. The van der Waals surface area contributed by atoms with Crippen molar-refractivity contribution >= 4 is 11.9 Å². The second-order valence-corrected chi connectivity index (χ2v) is 3.71. The fourth-order valence-corrected chi connectivity index (χ4v) is 1.40. The second kappa shape index (κ2) is 5.50.